The highest BCUT2D eigenvalue weighted by Crippen LogP contribution is 2.37. The summed E-state index contributed by atoms with van der Waals surface area (Å²) in [6, 6.07) is 6.86. The van der Waals surface area contributed by atoms with E-state index in [0.29, 0.717) is 18.0 Å². The van der Waals surface area contributed by atoms with Gasteiger partial charge in [0.25, 0.3) is 5.91 Å². The summed E-state index contributed by atoms with van der Waals surface area (Å²) in [4.78, 5) is 25.2. The Morgan fingerprint density at radius 2 is 2.07 bits per heavy atom. The van der Waals surface area contributed by atoms with Gasteiger partial charge in [0.15, 0.2) is 18.1 Å². The van der Waals surface area contributed by atoms with Crippen LogP contribution >= 0.6 is 22.9 Å². The Morgan fingerprint density at radius 1 is 1.30 bits per heavy atom. The van der Waals surface area contributed by atoms with Crippen LogP contribution in [0.3, 0.4) is 0 Å². The molecule has 1 aromatic carbocycles. The normalized spacial score (nSPS) is 10.6. The molecule has 0 fully saturated rings. The molecular weight excluding hydrogens is 390 g/mol. The fraction of sp³-hybridized carbons (Fsp3) is 0.368. The third kappa shape index (κ3) is 6.45. The molecule has 27 heavy (non-hydrogen) atoms. The predicted octanol–water partition coefficient (Wildman–Crippen LogP) is 3.71. The van der Waals surface area contributed by atoms with Crippen molar-refractivity contribution in [3.63, 3.8) is 0 Å². The van der Waals surface area contributed by atoms with Crippen LogP contribution in [0.5, 0.6) is 11.5 Å². The SMILES string of the molecule is COc1cc(C(=O)OCC(=O)NCCc2cccs2)cc(Cl)c1OC(C)C. The highest BCUT2D eigenvalue weighted by atomic mass is 35.5. The first-order valence-electron chi connectivity index (χ1n) is 8.41. The molecular formula is C19H22ClNO5S. The van der Waals surface area contributed by atoms with Crippen molar-refractivity contribution in [3.8, 4) is 11.5 Å². The minimum absolute atomic E-state index is 0.105. The Balaban J connectivity index is 1.89. The number of rotatable bonds is 9. The Bertz CT molecular complexity index is 777. The maximum Gasteiger partial charge on any atom is 0.338 e. The Labute approximate surface area is 167 Å². The number of benzene rings is 1. The van der Waals surface area contributed by atoms with Crippen LogP contribution in [0.1, 0.15) is 29.1 Å². The molecule has 1 amide bonds. The van der Waals surface area contributed by atoms with Crippen molar-refractivity contribution in [2.24, 2.45) is 0 Å². The Morgan fingerprint density at radius 3 is 2.70 bits per heavy atom. The molecule has 1 aromatic heterocycles. The van der Waals surface area contributed by atoms with E-state index in [4.69, 9.17) is 25.8 Å². The highest BCUT2D eigenvalue weighted by molar-refractivity contribution is 7.09. The second kappa shape index (κ2) is 10.2. The van der Waals surface area contributed by atoms with Gasteiger partial charge in [0, 0.05) is 11.4 Å². The highest BCUT2D eigenvalue weighted by Gasteiger charge is 2.18. The number of thiophene rings is 1. The first kappa shape index (κ1) is 21.1. The average Bonchev–Trinajstić information content (AvgIpc) is 3.14. The molecule has 0 atom stereocenters. The van der Waals surface area contributed by atoms with E-state index in [-0.39, 0.29) is 29.2 Å². The van der Waals surface area contributed by atoms with Crippen LogP contribution in [0.25, 0.3) is 0 Å². The van der Waals surface area contributed by atoms with Crippen LogP contribution < -0.4 is 14.8 Å². The average molecular weight is 412 g/mol. The fourth-order valence-electron chi connectivity index (χ4n) is 2.23. The number of ether oxygens (including phenoxy) is 3. The van der Waals surface area contributed by atoms with Crippen molar-refractivity contribution in [1.29, 1.82) is 0 Å². The third-order valence-corrected chi connectivity index (χ3v) is 4.64. The standard InChI is InChI=1S/C19H22ClNO5S/c1-12(2)26-18-15(20)9-13(10-16(18)24-3)19(23)25-11-17(22)21-7-6-14-5-4-8-27-14/h4-5,8-10,12H,6-7,11H2,1-3H3,(H,21,22). The fourth-order valence-corrected chi connectivity index (χ4v) is 3.20. The van der Waals surface area contributed by atoms with E-state index in [0.717, 1.165) is 6.42 Å². The van der Waals surface area contributed by atoms with E-state index >= 15 is 0 Å². The number of amides is 1. The van der Waals surface area contributed by atoms with Gasteiger partial charge in [0.1, 0.15) is 0 Å². The molecule has 0 aliphatic rings. The molecule has 1 heterocycles. The molecule has 6 nitrogen and oxygen atoms in total. The Hall–Kier alpha value is -2.25. The summed E-state index contributed by atoms with van der Waals surface area (Å²) in [5, 5.41) is 4.93. The molecule has 2 rings (SSSR count). The van der Waals surface area contributed by atoms with Crippen molar-refractivity contribution in [1.82, 2.24) is 5.32 Å². The molecule has 1 N–H and O–H groups in total. The van der Waals surface area contributed by atoms with Crippen molar-refractivity contribution in [3.05, 3.63) is 45.1 Å². The number of nitrogens with one attached hydrogen (secondary N) is 1. The van der Waals surface area contributed by atoms with E-state index < -0.39 is 5.97 Å². The van der Waals surface area contributed by atoms with E-state index in [2.05, 4.69) is 5.32 Å². The molecule has 8 heteroatoms. The molecule has 146 valence electrons. The number of methoxy groups -OCH3 is 1. The molecule has 2 aromatic rings. The van der Waals surface area contributed by atoms with Gasteiger partial charge in [-0.15, -0.1) is 11.3 Å². The summed E-state index contributed by atoms with van der Waals surface area (Å²) in [6.45, 7) is 3.83. The summed E-state index contributed by atoms with van der Waals surface area (Å²) in [5.41, 5.74) is 0.180. The number of halogens is 1. The lowest BCUT2D eigenvalue weighted by atomic mass is 10.2. The van der Waals surface area contributed by atoms with Gasteiger partial charge in [-0.3, -0.25) is 4.79 Å². The topological polar surface area (TPSA) is 73.9 Å². The van der Waals surface area contributed by atoms with Crippen LogP contribution in [-0.4, -0.2) is 38.2 Å². The number of carbonyl (C=O) groups is 2. The second-order valence-electron chi connectivity index (χ2n) is 5.91. The van der Waals surface area contributed by atoms with Gasteiger partial charge in [-0.1, -0.05) is 17.7 Å². The third-order valence-electron chi connectivity index (χ3n) is 3.43. The number of hydrogen-bond acceptors (Lipinski definition) is 6. The van der Waals surface area contributed by atoms with Crippen LogP contribution in [0.15, 0.2) is 29.6 Å². The molecule has 0 saturated carbocycles. The largest absolute Gasteiger partial charge is 0.493 e. The van der Waals surface area contributed by atoms with Gasteiger partial charge in [-0.2, -0.15) is 0 Å². The molecule has 0 aliphatic heterocycles. The zero-order chi connectivity index (χ0) is 19.8. The van der Waals surface area contributed by atoms with Crippen molar-refractivity contribution >= 4 is 34.8 Å². The summed E-state index contributed by atoms with van der Waals surface area (Å²) in [5.74, 6) is -0.349. The predicted molar refractivity (Wildman–Crippen MR) is 105 cm³/mol. The lowest BCUT2D eigenvalue weighted by Gasteiger charge is -2.16. The maximum atomic E-state index is 12.2. The summed E-state index contributed by atoms with van der Waals surface area (Å²) >= 11 is 7.82. The molecule has 0 spiro atoms. The summed E-state index contributed by atoms with van der Waals surface area (Å²) in [7, 11) is 1.45. The van der Waals surface area contributed by atoms with Gasteiger partial charge in [0.2, 0.25) is 0 Å². The number of carbonyl (C=O) groups excluding carboxylic acids is 2. The van der Waals surface area contributed by atoms with Gasteiger partial charge in [-0.25, -0.2) is 4.79 Å². The van der Waals surface area contributed by atoms with Gasteiger partial charge < -0.3 is 19.5 Å². The van der Waals surface area contributed by atoms with Crippen molar-refractivity contribution in [2.45, 2.75) is 26.4 Å². The van der Waals surface area contributed by atoms with E-state index in [1.165, 1.54) is 24.1 Å². The minimum atomic E-state index is -0.667. The molecule has 0 aliphatic carbocycles. The van der Waals surface area contributed by atoms with Crippen molar-refractivity contribution < 1.29 is 23.8 Å². The summed E-state index contributed by atoms with van der Waals surface area (Å²) in [6.07, 6.45) is 0.633. The van der Waals surface area contributed by atoms with E-state index in [1.54, 1.807) is 11.3 Å². The van der Waals surface area contributed by atoms with Crippen LogP contribution in [0.2, 0.25) is 5.02 Å². The molecule has 0 saturated heterocycles. The Kier molecular flexibility index (Phi) is 7.94. The monoisotopic (exact) mass is 411 g/mol. The second-order valence-corrected chi connectivity index (χ2v) is 7.35. The van der Waals surface area contributed by atoms with Crippen LogP contribution in [0, 0.1) is 0 Å². The molecule has 0 unspecified atom stereocenters. The zero-order valence-electron chi connectivity index (χ0n) is 15.4. The minimum Gasteiger partial charge on any atom is -0.493 e. The number of esters is 1. The first-order chi connectivity index (χ1) is 12.9. The quantitative estimate of drug-likeness (QED) is 0.636. The van der Waals surface area contributed by atoms with Crippen LogP contribution in [-0.2, 0) is 16.0 Å². The lowest BCUT2D eigenvalue weighted by molar-refractivity contribution is -0.124. The number of hydrogen-bond donors (Lipinski definition) is 1. The van der Waals surface area contributed by atoms with Crippen LogP contribution in [0.4, 0.5) is 0 Å². The lowest BCUT2D eigenvalue weighted by Crippen LogP contribution is -2.30. The maximum absolute atomic E-state index is 12.2. The zero-order valence-corrected chi connectivity index (χ0v) is 17.0. The van der Waals surface area contributed by atoms with Crippen molar-refractivity contribution in [2.75, 3.05) is 20.3 Å². The molecule has 0 radical (unpaired) electrons. The van der Waals surface area contributed by atoms with Gasteiger partial charge in [-0.05, 0) is 43.8 Å². The first-order valence-corrected chi connectivity index (χ1v) is 9.67. The molecule has 0 bridgehead atoms. The summed E-state index contributed by atoms with van der Waals surface area (Å²) < 4.78 is 15.9. The van der Waals surface area contributed by atoms with E-state index in [1.807, 2.05) is 31.4 Å². The van der Waals surface area contributed by atoms with Gasteiger partial charge >= 0.3 is 5.97 Å². The smallest absolute Gasteiger partial charge is 0.338 e. The van der Waals surface area contributed by atoms with E-state index in [9.17, 15) is 9.59 Å². The van der Waals surface area contributed by atoms with Gasteiger partial charge in [0.05, 0.1) is 23.8 Å².